The number of nitrogens with zero attached hydrogens (tertiary/aromatic N) is 1. The lowest BCUT2D eigenvalue weighted by atomic mass is 10.2. The number of carboxylic acid groups (broad SMARTS) is 1. The molecular formula is C16H13FN2O4S. The van der Waals surface area contributed by atoms with Crippen LogP contribution >= 0.6 is 11.3 Å². The molecule has 1 fully saturated rings. The van der Waals surface area contributed by atoms with E-state index < -0.39 is 23.7 Å². The Hall–Kier alpha value is -2.74. The van der Waals surface area contributed by atoms with E-state index in [9.17, 15) is 18.8 Å². The van der Waals surface area contributed by atoms with Crippen LogP contribution < -0.4 is 10.2 Å². The van der Waals surface area contributed by atoms with Gasteiger partial charge in [0, 0.05) is 6.54 Å². The number of aromatic carboxylic acids is 1. The first-order chi connectivity index (χ1) is 11.5. The molecule has 8 heteroatoms. The number of rotatable bonds is 4. The summed E-state index contributed by atoms with van der Waals surface area (Å²) in [4.78, 5) is 37.0. The fraction of sp³-hybridized carbons (Fsp3) is 0.188. The van der Waals surface area contributed by atoms with Crippen molar-refractivity contribution in [2.24, 2.45) is 0 Å². The predicted molar refractivity (Wildman–Crippen MR) is 85.9 cm³/mol. The Labute approximate surface area is 140 Å². The number of amides is 2. The van der Waals surface area contributed by atoms with Gasteiger partial charge in [0.15, 0.2) is 0 Å². The maximum atomic E-state index is 13.8. The summed E-state index contributed by atoms with van der Waals surface area (Å²) in [7, 11) is 0. The molecule has 1 aliphatic heterocycles. The lowest BCUT2D eigenvalue weighted by Gasteiger charge is -2.17. The quantitative estimate of drug-likeness (QED) is 0.886. The Balaban J connectivity index is 1.70. The number of thiophene rings is 1. The lowest BCUT2D eigenvalue weighted by Crippen LogP contribution is -2.41. The molecule has 0 saturated carbocycles. The largest absolute Gasteiger partial charge is 0.477 e. The van der Waals surface area contributed by atoms with Crippen LogP contribution in [0.2, 0.25) is 0 Å². The highest BCUT2D eigenvalue weighted by molar-refractivity contribution is 7.15. The molecule has 1 aromatic carbocycles. The molecule has 24 heavy (non-hydrogen) atoms. The summed E-state index contributed by atoms with van der Waals surface area (Å²) in [6.07, 6.45) is 0.357. The second-order valence-corrected chi connectivity index (χ2v) is 6.31. The Morgan fingerprint density at radius 3 is 2.58 bits per heavy atom. The molecule has 0 spiro atoms. The maximum absolute atomic E-state index is 13.8. The first-order valence-corrected chi connectivity index (χ1v) is 7.99. The predicted octanol–water partition coefficient (Wildman–Crippen LogP) is 2.12. The number of nitrogens with one attached hydrogen (secondary N) is 1. The van der Waals surface area contributed by atoms with Crippen LogP contribution in [-0.4, -0.2) is 35.5 Å². The van der Waals surface area contributed by atoms with Crippen LogP contribution in [-0.2, 0) is 4.79 Å². The number of anilines is 1. The summed E-state index contributed by atoms with van der Waals surface area (Å²) in [5.41, 5.74) is 0.184. The van der Waals surface area contributed by atoms with E-state index in [2.05, 4.69) is 5.32 Å². The number of carbonyl (C=O) groups is 3. The average molecular weight is 348 g/mol. The minimum Gasteiger partial charge on any atom is -0.477 e. The third kappa shape index (κ3) is 3.00. The SMILES string of the molecule is O=C(O)c1ccc(C(=O)NC2CCN(c3ccccc3F)C2=O)s1. The molecule has 0 bridgehead atoms. The van der Waals surface area contributed by atoms with E-state index >= 15 is 0 Å². The van der Waals surface area contributed by atoms with Gasteiger partial charge >= 0.3 is 5.97 Å². The smallest absolute Gasteiger partial charge is 0.345 e. The Bertz CT molecular complexity index is 820. The number of carboxylic acids is 1. The normalized spacial score (nSPS) is 17.1. The van der Waals surface area contributed by atoms with E-state index in [-0.39, 0.29) is 21.3 Å². The van der Waals surface area contributed by atoms with E-state index in [0.717, 1.165) is 11.3 Å². The van der Waals surface area contributed by atoms with Gasteiger partial charge in [-0.3, -0.25) is 9.59 Å². The summed E-state index contributed by atoms with van der Waals surface area (Å²) >= 11 is 0.837. The molecule has 124 valence electrons. The number of hydrogen-bond donors (Lipinski definition) is 2. The first-order valence-electron chi connectivity index (χ1n) is 7.17. The van der Waals surface area contributed by atoms with Gasteiger partial charge in [0.2, 0.25) is 5.91 Å². The van der Waals surface area contributed by atoms with Crippen LogP contribution in [0.25, 0.3) is 0 Å². The van der Waals surface area contributed by atoms with E-state index in [1.165, 1.54) is 35.2 Å². The molecule has 1 unspecified atom stereocenters. The van der Waals surface area contributed by atoms with Crippen molar-refractivity contribution in [1.82, 2.24) is 5.32 Å². The Morgan fingerprint density at radius 2 is 1.92 bits per heavy atom. The van der Waals surface area contributed by atoms with Crippen molar-refractivity contribution < 1.29 is 23.9 Å². The maximum Gasteiger partial charge on any atom is 0.345 e. The van der Waals surface area contributed by atoms with Gasteiger partial charge in [-0.15, -0.1) is 11.3 Å². The number of benzene rings is 1. The summed E-state index contributed by atoms with van der Waals surface area (Å²) in [6.45, 7) is 0.301. The molecule has 2 amide bonds. The third-order valence-electron chi connectivity index (χ3n) is 3.69. The van der Waals surface area contributed by atoms with E-state index in [4.69, 9.17) is 5.11 Å². The molecule has 1 saturated heterocycles. The van der Waals surface area contributed by atoms with Gasteiger partial charge in [-0.25, -0.2) is 9.18 Å². The second-order valence-electron chi connectivity index (χ2n) is 5.23. The van der Waals surface area contributed by atoms with Crippen molar-refractivity contribution >= 4 is 34.8 Å². The molecule has 1 atom stereocenters. The first kappa shape index (κ1) is 16.1. The lowest BCUT2D eigenvalue weighted by molar-refractivity contribution is -0.118. The highest BCUT2D eigenvalue weighted by Crippen LogP contribution is 2.25. The van der Waals surface area contributed by atoms with Crippen LogP contribution in [0, 0.1) is 5.82 Å². The molecule has 2 aromatic rings. The standard InChI is InChI=1S/C16H13FN2O4S/c17-9-3-1-2-4-11(9)19-8-7-10(15(19)21)18-14(20)12-5-6-13(24-12)16(22)23/h1-6,10H,7-8H2,(H,18,20)(H,22,23). The summed E-state index contributed by atoms with van der Waals surface area (Å²) in [6, 6.07) is 7.93. The van der Waals surface area contributed by atoms with E-state index in [1.54, 1.807) is 6.07 Å². The number of hydrogen-bond acceptors (Lipinski definition) is 4. The zero-order valence-corrected chi connectivity index (χ0v) is 13.2. The minimum atomic E-state index is -1.11. The number of carbonyl (C=O) groups excluding carboxylic acids is 2. The molecule has 6 nitrogen and oxygen atoms in total. The molecule has 2 heterocycles. The highest BCUT2D eigenvalue weighted by atomic mass is 32.1. The molecule has 3 rings (SSSR count). The van der Waals surface area contributed by atoms with Gasteiger partial charge in [0.1, 0.15) is 16.7 Å². The van der Waals surface area contributed by atoms with Crippen LogP contribution in [0.1, 0.15) is 25.8 Å². The van der Waals surface area contributed by atoms with E-state index in [0.29, 0.717) is 13.0 Å². The molecule has 0 radical (unpaired) electrons. The van der Waals surface area contributed by atoms with Gasteiger partial charge in [-0.1, -0.05) is 12.1 Å². The van der Waals surface area contributed by atoms with Crippen molar-refractivity contribution in [1.29, 1.82) is 0 Å². The molecule has 2 N–H and O–H groups in total. The monoisotopic (exact) mass is 348 g/mol. The zero-order chi connectivity index (χ0) is 17.3. The highest BCUT2D eigenvalue weighted by Gasteiger charge is 2.35. The van der Waals surface area contributed by atoms with Crippen molar-refractivity contribution in [3.05, 3.63) is 52.0 Å². The van der Waals surface area contributed by atoms with Crippen LogP contribution in [0.5, 0.6) is 0 Å². The molecular weight excluding hydrogens is 335 g/mol. The van der Waals surface area contributed by atoms with Gasteiger partial charge < -0.3 is 15.3 Å². The summed E-state index contributed by atoms with van der Waals surface area (Å²) in [5.74, 6) is -2.51. The molecule has 1 aromatic heterocycles. The third-order valence-corrected chi connectivity index (χ3v) is 4.77. The van der Waals surface area contributed by atoms with Crippen molar-refractivity contribution in [2.45, 2.75) is 12.5 Å². The van der Waals surface area contributed by atoms with Gasteiger partial charge in [-0.05, 0) is 30.7 Å². The zero-order valence-electron chi connectivity index (χ0n) is 12.4. The van der Waals surface area contributed by atoms with Gasteiger partial charge in [0.05, 0.1) is 10.6 Å². The fourth-order valence-corrected chi connectivity index (χ4v) is 3.28. The van der Waals surface area contributed by atoms with Crippen LogP contribution in [0.4, 0.5) is 10.1 Å². The van der Waals surface area contributed by atoms with Crippen molar-refractivity contribution in [2.75, 3.05) is 11.4 Å². The van der Waals surface area contributed by atoms with Crippen molar-refractivity contribution in [3.8, 4) is 0 Å². The summed E-state index contributed by atoms with van der Waals surface area (Å²) in [5, 5.41) is 11.5. The Morgan fingerprint density at radius 1 is 1.21 bits per heavy atom. The molecule has 0 aliphatic carbocycles. The van der Waals surface area contributed by atoms with Gasteiger partial charge in [0.25, 0.3) is 5.91 Å². The minimum absolute atomic E-state index is 0.0471. The van der Waals surface area contributed by atoms with Crippen LogP contribution in [0.15, 0.2) is 36.4 Å². The fourth-order valence-electron chi connectivity index (χ4n) is 2.53. The van der Waals surface area contributed by atoms with Crippen molar-refractivity contribution in [3.63, 3.8) is 0 Å². The van der Waals surface area contributed by atoms with Crippen LogP contribution in [0.3, 0.4) is 0 Å². The van der Waals surface area contributed by atoms with E-state index in [1.807, 2.05) is 0 Å². The number of para-hydroxylation sites is 1. The topological polar surface area (TPSA) is 86.7 Å². The number of halogens is 1. The van der Waals surface area contributed by atoms with Gasteiger partial charge in [-0.2, -0.15) is 0 Å². The molecule has 1 aliphatic rings. The Kier molecular flexibility index (Phi) is 4.30. The average Bonchev–Trinajstić information content (AvgIpc) is 3.17. The summed E-state index contributed by atoms with van der Waals surface area (Å²) < 4.78 is 13.8. The second kappa shape index (κ2) is 6.40.